The fraction of sp³-hybridized carbons (Fsp3) is 0.0588. The zero-order chi connectivity index (χ0) is 18.7. The Labute approximate surface area is 174 Å². The van der Waals surface area contributed by atoms with E-state index in [0.717, 1.165) is 13.3 Å². The van der Waals surface area contributed by atoms with Gasteiger partial charge in [0, 0.05) is 19.0 Å². The van der Waals surface area contributed by atoms with E-state index in [9.17, 15) is 13.2 Å². The maximum Gasteiger partial charge on any atom is 0.421 e. The monoisotopic (exact) mass is 582 g/mol. The lowest BCUT2D eigenvalue weighted by Crippen LogP contribution is -2.13. The quantitative estimate of drug-likeness (QED) is 0.361. The van der Waals surface area contributed by atoms with Crippen molar-refractivity contribution < 1.29 is 13.2 Å². The van der Waals surface area contributed by atoms with Gasteiger partial charge >= 0.3 is 6.18 Å². The molecule has 0 aliphatic rings. The summed E-state index contributed by atoms with van der Waals surface area (Å²) in [6.45, 7) is 0. The van der Waals surface area contributed by atoms with Gasteiger partial charge in [0.25, 0.3) is 0 Å². The second-order valence-corrected chi connectivity index (χ2v) is 7.60. The topological polar surface area (TPSA) is 49.8 Å². The first-order chi connectivity index (χ1) is 12.3. The highest BCUT2D eigenvalue weighted by Gasteiger charge is 2.35. The number of para-hydroxylation sites is 1. The van der Waals surface area contributed by atoms with E-state index >= 15 is 0 Å². The molecular weight excluding hydrogens is 571 g/mol. The molecule has 0 aliphatic carbocycles. The first-order valence-corrected chi connectivity index (χ1v) is 9.47. The number of rotatable bonds is 4. The van der Waals surface area contributed by atoms with Crippen LogP contribution in [0, 0.1) is 7.14 Å². The molecule has 1 heterocycles. The Balaban J connectivity index is 1.96. The van der Waals surface area contributed by atoms with Crippen LogP contribution in [-0.4, -0.2) is 9.97 Å². The van der Waals surface area contributed by atoms with Gasteiger partial charge in [-0.05, 0) is 81.6 Å². The van der Waals surface area contributed by atoms with E-state index in [1.165, 1.54) is 0 Å². The van der Waals surface area contributed by atoms with Crippen LogP contribution >= 0.6 is 45.2 Å². The molecule has 0 spiro atoms. The van der Waals surface area contributed by atoms with Gasteiger partial charge in [-0.2, -0.15) is 18.2 Å². The molecule has 0 unspecified atom stereocenters. The van der Waals surface area contributed by atoms with Crippen molar-refractivity contribution >= 4 is 68.3 Å². The minimum absolute atomic E-state index is 0.0765. The summed E-state index contributed by atoms with van der Waals surface area (Å²) >= 11 is 4.21. The number of benzene rings is 2. The standard InChI is InChI=1S/C17H11F3I2N4/c18-17(19,20)12-9-23-16(24-11-7-5-10(21)6-8-11)26-15(12)25-14-4-2-1-3-13(14)22/h1-9H,(H2,23,24,25,26). The van der Waals surface area contributed by atoms with Gasteiger partial charge < -0.3 is 10.6 Å². The second-order valence-electron chi connectivity index (χ2n) is 5.19. The maximum atomic E-state index is 13.3. The molecule has 0 radical (unpaired) electrons. The lowest BCUT2D eigenvalue weighted by Gasteiger charge is -2.15. The minimum Gasteiger partial charge on any atom is -0.339 e. The smallest absolute Gasteiger partial charge is 0.339 e. The molecule has 0 saturated carbocycles. The van der Waals surface area contributed by atoms with E-state index in [0.29, 0.717) is 11.4 Å². The first kappa shape index (κ1) is 19.1. The molecule has 0 atom stereocenters. The molecule has 4 nitrogen and oxygen atoms in total. The van der Waals surface area contributed by atoms with Crippen molar-refractivity contribution in [3.8, 4) is 0 Å². The van der Waals surface area contributed by atoms with E-state index in [1.807, 2.05) is 34.7 Å². The average Bonchev–Trinajstić information content (AvgIpc) is 2.58. The summed E-state index contributed by atoms with van der Waals surface area (Å²) in [6, 6.07) is 14.4. The van der Waals surface area contributed by atoms with Crippen LogP contribution in [-0.2, 0) is 6.18 Å². The molecule has 0 amide bonds. The predicted molar refractivity (Wildman–Crippen MR) is 112 cm³/mol. The Bertz CT molecular complexity index is 915. The molecule has 3 rings (SSSR count). The zero-order valence-corrected chi connectivity index (χ0v) is 17.3. The van der Waals surface area contributed by atoms with Crippen LogP contribution in [0.15, 0.2) is 54.7 Å². The molecule has 2 aromatic carbocycles. The zero-order valence-electron chi connectivity index (χ0n) is 13.0. The third-order valence-corrected chi connectivity index (χ3v) is 4.98. The summed E-state index contributed by atoms with van der Waals surface area (Å²) in [5.41, 5.74) is 0.299. The number of alkyl halides is 3. The van der Waals surface area contributed by atoms with Gasteiger partial charge in [-0.3, -0.25) is 0 Å². The number of aromatic nitrogens is 2. The summed E-state index contributed by atoms with van der Waals surface area (Å²) in [6.07, 6.45) is -3.79. The van der Waals surface area contributed by atoms with Crippen LogP contribution in [0.3, 0.4) is 0 Å². The number of anilines is 4. The van der Waals surface area contributed by atoms with Gasteiger partial charge in [0.1, 0.15) is 11.4 Å². The van der Waals surface area contributed by atoms with Crippen LogP contribution < -0.4 is 10.6 Å². The van der Waals surface area contributed by atoms with Gasteiger partial charge in [0.05, 0.1) is 5.69 Å². The van der Waals surface area contributed by atoms with Crippen molar-refractivity contribution in [1.82, 2.24) is 9.97 Å². The molecule has 0 aliphatic heterocycles. The molecule has 26 heavy (non-hydrogen) atoms. The van der Waals surface area contributed by atoms with Crippen molar-refractivity contribution in [2.24, 2.45) is 0 Å². The number of hydrogen-bond acceptors (Lipinski definition) is 4. The van der Waals surface area contributed by atoms with Crippen molar-refractivity contribution in [1.29, 1.82) is 0 Å². The van der Waals surface area contributed by atoms with Crippen molar-refractivity contribution in [3.63, 3.8) is 0 Å². The Morgan fingerprint density at radius 3 is 2.23 bits per heavy atom. The number of nitrogens with zero attached hydrogens (tertiary/aromatic N) is 2. The highest BCUT2D eigenvalue weighted by Crippen LogP contribution is 2.36. The summed E-state index contributed by atoms with van der Waals surface area (Å²) in [7, 11) is 0. The van der Waals surface area contributed by atoms with E-state index < -0.39 is 11.7 Å². The average molecular weight is 582 g/mol. The molecular formula is C17H11F3I2N4. The summed E-state index contributed by atoms with van der Waals surface area (Å²) in [4.78, 5) is 7.84. The van der Waals surface area contributed by atoms with Crippen molar-refractivity contribution in [2.75, 3.05) is 10.6 Å². The molecule has 9 heteroatoms. The summed E-state index contributed by atoms with van der Waals surface area (Å²) in [5, 5.41) is 5.68. The van der Waals surface area contributed by atoms with Crippen LogP contribution in [0.2, 0.25) is 0 Å². The second kappa shape index (κ2) is 7.94. The fourth-order valence-corrected chi connectivity index (χ4v) is 2.98. The van der Waals surface area contributed by atoms with Crippen molar-refractivity contribution in [3.05, 3.63) is 67.4 Å². The van der Waals surface area contributed by atoms with E-state index in [1.54, 1.807) is 36.4 Å². The molecule has 0 saturated heterocycles. The van der Waals surface area contributed by atoms with E-state index in [-0.39, 0.29) is 11.8 Å². The largest absolute Gasteiger partial charge is 0.421 e. The highest BCUT2D eigenvalue weighted by atomic mass is 127. The van der Waals surface area contributed by atoms with Crippen LogP contribution in [0.1, 0.15) is 5.56 Å². The van der Waals surface area contributed by atoms with E-state index in [2.05, 4.69) is 43.2 Å². The fourth-order valence-electron chi connectivity index (χ4n) is 2.10. The Morgan fingerprint density at radius 2 is 1.58 bits per heavy atom. The summed E-state index contributed by atoms with van der Waals surface area (Å²) in [5.74, 6) is -0.225. The van der Waals surface area contributed by atoms with Gasteiger partial charge in [0.2, 0.25) is 5.95 Å². The molecule has 1 aromatic heterocycles. The SMILES string of the molecule is FC(F)(F)c1cnc(Nc2ccc(I)cc2)nc1Nc1ccccc1I. The van der Waals surface area contributed by atoms with Gasteiger partial charge in [-0.15, -0.1) is 0 Å². The number of nitrogens with one attached hydrogen (secondary N) is 2. The molecule has 0 fully saturated rings. The third kappa shape index (κ3) is 4.75. The Morgan fingerprint density at radius 1 is 0.885 bits per heavy atom. The normalized spacial score (nSPS) is 11.3. The lowest BCUT2D eigenvalue weighted by atomic mass is 10.2. The lowest BCUT2D eigenvalue weighted by molar-refractivity contribution is -0.137. The van der Waals surface area contributed by atoms with E-state index in [4.69, 9.17) is 0 Å². The minimum atomic E-state index is -4.57. The third-order valence-electron chi connectivity index (χ3n) is 3.32. The van der Waals surface area contributed by atoms with Gasteiger partial charge in [0.15, 0.2) is 0 Å². The molecule has 3 aromatic rings. The number of halogens is 5. The van der Waals surface area contributed by atoms with Crippen LogP contribution in [0.25, 0.3) is 0 Å². The molecule has 134 valence electrons. The highest BCUT2D eigenvalue weighted by molar-refractivity contribution is 14.1. The Hall–Kier alpha value is -1.63. The number of hydrogen-bond donors (Lipinski definition) is 2. The van der Waals surface area contributed by atoms with Crippen LogP contribution in [0.5, 0.6) is 0 Å². The Kier molecular flexibility index (Phi) is 5.85. The molecule has 0 bridgehead atoms. The van der Waals surface area contributed by atoms with Crippen molar-refractivity contribution in [2.45, 2.75) is 6.18 Å². The van der Waals surface area contributed by atoms with Gasteiger partial charge in [-0.1, -0.05) is 12.1 Å². The molecule has 2 N–H and O–H groups in total. The first-order valence-electron chi connectivity index (χ1n) is 7.31. The predicted octanol–water partition coefficient (Wildman–Crippen LogP) is 6.19. The maximum absolute atomic E-state index is 13.3. The van der Waals surface area contributed by atoms with Gasteiger partial charge in [-0.25, -0.2) is 4.98 Å². The summed E-state index contributed by atoms with van der Waals surface area (Å²) < 4.78 is 41.8. The van der Waals surface area contributed by atoms with Crippen LogP contribution in [0.4, 0.5) is 36.3 Å².